The third-order valence-electron chi connectivity index (χ3n) is 5.22. The van der Waals surface area contributed by atoms with Crippen LogP contribution in [0.5, 0.6) is 11.5 Å². The van der Waals surface area contributed by atoms with E-state index < -0.39 is 39.7 Å². The monoisotopic (exact) mass is 465 g/mol. The Morgan fingerprint density at radius 2 is 1.91 bits per heavy atom. The molecule has 0 bridgehead atoms. The van der Waals surface area contributed by atoms with E-state index in [1.807, 2.05) is 0 Å². The lowest BCUT2D eigenvalue weighted by atomic mass is 9.88. The van der Waals surface area contributed by atoms with E-state index in [-0.39, 0.29) is 35.1 Å². The van der Waals surface area contributed by atoms with Gasteiger partial charge >= 0.3 is 11.9 Å². The van der Waals surface area contributed by atoms with Crippen LogP contribution in [0.2, 0.25) is 0 Å². The fourth-order valence-electron chi connectivity index (χ4n) is 3.73. The van der Waals surface area contributed by atoms with E-state index in [0.29, 0.717) is 5.56 Å². The van der Waals surface area contributed by atoms with Crippen LogP contribution in [-0.4, -0.2) is 40.1 Å². The van der Waals surface area contributed by atoms with Gasteiger partial charge in [0.2, 0.25) is 0 Å². The smallest absolute Gasteiger partial charge is 0.311 e. The maximum atomic E-state index is 13.9. The molecule has 2 atom stereocenters. The van der Waals surface area contributed by atoms with Crippen molar-refractivity contribution in [1.29, 1.82) is 0 Å². The van der Waals surface area contributed by atoms with Crippen LogP contribution in [0.1, 0.15) is 26.3 Å². The molecule has 1 aliphatic heterocycles. The molecule has 2 aromatic rings. The van der Waals surface area contributed by atoms with Crippen LogP contribution in [0.4, 0.5) is 10.1 Å². The van der Waals surface area contributed by atoms with Gasteiger partial charge in [0.25, 0.3) is 10.0 Å². The molecular formula is C22H24FNO7S. The highest BCUT2D eigenvalue weighted by atomic mass is 32.2. The number of carbonyl (C=O) groups is 2. The number of sulfonamides is 1. The predicted molar refractivity (Wildman–Crippen MR) is 114 cm³/mol. The number of hydrogen-bond acceptors (Lipinski definition) is 7. The van der Waals surface area contributed by atoms with Crippen LogP contribution in [0.25, 0.3) is 0 Å². The Labute approximate surface area is 185 Å². The number of anilines is 1. The third kappa shape index (κ3) is 4.40. The number of fused-ring (bicyclic) bond motifs is 1. The van der Waals surface area contributed by atoms with Gasteiger partial charge in [-0.25, -0.2) is 12.8 Å². The molecule has 0 saturated carbocycles. The highest BCUT2D eigenvalue weighted by Crippen LogP contribution is 2.41. The first-order valence-corrected chi connectivity index (χ1v) is 11.4. The van der Waals surface area contributed by atoms with E-state index >= 15 is 0 Å². The molecule has 0 fully saturated rings. The van der Waals surface area contributed by atoms with Crippen LogP contribution >= 0.6 is 0 Å². The Balaban J connectivity index is 2.18. The number of carbonyl (C=O) groups excluding carboxylic acids is 2. The van der Waals surface area contributed by atoms with Crippen molar-refractivity contribution in [3.8, 4) is 11.5 Å². The summed E-state index contributed by atoms with van der Waals surface area (Å²) in [6.07, 6.45) is 0.244. The summed E-state index contributed by atoms with van der Waals surface area (Å²) in [6.45, 7) is 4.66. The second kappa shape index (κ2) is 9.15. The number of rotatable bonds is 6. The second-order valence-electron chi connectivity index (χ2n) is 7.28. The van der Waals surface area contributed by atoms with Crippen molar-refractivity contribution in [2.75, 3.05) is 18.0 Å². The summed E-state index contributed by atoms with van der Waals surface area (Å²) in [5.41, 5.74) is 0.829. The van der Waals surface area contributed by atoms with Crippen molar-refractivity contribution in [3.63, 3.8) is 0 Å². The summed E-state index contributed by atoms with van der Waals surface area (Å²) in [5.74, 6) is -2.62. The van der Waals surface area contributed by atoms with E-state index in [1.54, 1.807) is 19.9 Å². The van der Waals surface area contributed by atoms with Gasteiger partial charge in [0.05, 0.1) is 36.3 Å². The quantitative estimate of drug-likeness (QED) is 0.478. The predicted octanol–water partition coefficient (Wildman–Crippen LogP) is 3.08. The molecular weight excluding hydrogens is 441 g/mol. The van der Waals surface area contributed by atoms with Crippen molar-refractivity contribution < 1.29 is 36.6 Å². The van der Waals surface area contributed by atoms with Crippen molar-refractivity contribution in [3.05, 3.63) is 47.8 Å². The molecule has 0 aromatic heterocycles. The number of benzene rings is 2. The van der Waals surface area contributed by atoms with Crippen LogP contribution in [-0.2, 0) is 30.8 Å². The Morgan fingerprint density at radius 3 is 2.53 bits per heavy atom. The van der Waals surface area contributed by atoms with E-state index in [9.17, 15) is 22.4 Å². The fraction of sp³-hybridized carbons (Fsp3) is 0.364. The summed E-state index contributed by atoms with van der Waals surface area (Å²) >= 11 is 0. The molecule has 1 unspecified atom stereocenters. The highest BCUT2D eigenvalue weighted by Gasteiger charge is 2.43. The maximum Gasteiger partial charge on any atom is 0.311 e. The van der Waals surface area contributed by atoms with E-state index in [1.165, 1.54) is 26.2 Å². The number of hydrogen-bond donors (Lipinski definition) is 0. The third-order valence-corrected chi connectivity index (χ3v) is 7.11. The average Bonchev–Trinajstić information content (AvgIpc) is 2.72. The molecule has 0 radical (unpaired) electrons. The molecule has 10 heteroatoms. The molecule has 3 rings (SSSR count). The van der Waals surface area contributed by atoms with Crippen molar-refractivity contribution >= 4 is 27.6 Å². The minimum Gasteiger partial charge on any atom is -0.494 e. The van der Waals surface area contributed by atoms with Gasteiger partial charge in [-0.2, -0.15) is 0 Å². The first-order valence-electron chi connectivity index (χ1n) is 9.96. The van der Waals surface area contributed by atoms with Gasteiger partial charge < -0.3 is 14.2 Å². The Hall–Kier alpha value is -3.14. The molecule has 0 amide bonds. The van der Waals surface area contributed by atoms with Crippen LogP contribution in [0.15, 0.2) is 41.3 Å². The topological polar surface area (TPSA) is 99.2 Å². The summed E-state index contributed by atoms with van der Waals surface area (Å²) in [4.78, 5) is 23.8. The van der Waals surface area contributed by atoms with Gasteiger partial charge in [-0.15, -0.1) is 0 Å². The lowest BCUT2D eigenvalue weighted by Crippen LogP contribution is -2.49. The molecule has 172 valence electrons. The lowest BCUT2D eigenvalue weighted by molar-refractivity contribution is -0.148. The standard InChI is InChI=1S/C22H24FNO7S/c1-5-30-22(26)18-10-15-6-7-16(31-14(3)25)11-20(15)24(13(18)2)32(27,28)17-8-9-19(23)21(12-17)29-4/h6-9,11-13,18H,5,10H2,1-4H3/t13-,18?/m1/s1. The summed E-state index contributed by atoms with van der Waals surface area (Å²) < 4.78 is 57.6. The number of halogens is 1. The number of ether oxygens (including phenoxy) is 3. The number of esters is 2. The zero-order chi connectivity index (χ0) is 23.6. The molecule has 8 nitrogen and oxygen atoms in total. The van der Waals surface area contributed by atoms with Gasteiger partial charge in [0, 0.05) is 19.1 Å². The normalized spacial score (nSPS) is 18.0. The number of methoxy groups -OCH3 is 1. The van der Waals surface area contributed by atoms with Gasteiger partial charge in [0.1, 0.15) is 5.75 Å². The van der Waals surface area contributed by atoms with Crippen molar-refractivity contribution in [2.24, 2.45) is 5.92 Å². The minimum absolute atomic E-state index is 0.155. The number of nitrogens with zero attached hydrogens (tertiary/aromatic N) is 1. The summed E-state index contributed by atoms with van der Waals surface area (Å²) in [6, 6.07) is 6.97. The van der Waals surface area contributed by atoms with Crippen LogP contribution in [0, 0.1) is 11.7 Å². The summed E-state index contributed by atoms with van der Waals surface area (Å²) in [5, 5.41) is 0. The molecule has 0 spiro atoms. The molecule has 0 saturated heterocycles. The molecule has 1 heterocycles. The lowest BCUT2D eigenvalue weighted by Gasteiger charge is -2.40. The Kier molecular flexibility index (Phi) is 6.73. The van der Waals surface area contributed by atoms with Gasteiger partial charge in [-0.1, -0.05) is 6.07 Å². The Morgan fingerprint density at radius 1 is 1.19 bits per heavy atom. The van der Waals surface area contributed by atoms with Gasteiger partial charge in [-0.3, -0.25) is 13.9 Å². The molecule has 0 N–H and O–H groups in total. The highest BCUT2D eigenvalue weighted by molar-refractivity contribution is 7.92. The zero-order valence-corrected chi connectivity index (χ0v) is 18.9. The van der Waals surface area contributed by atoms with Crippen LogP contribution < -0.4 is 13.8 Å². The minimum atomic E-state index is -4.26. The maximum absolute atomic E-state index is 13.9. The second-order valence-corrected chi connectivity index (χ2v) is 9.10. The summed E-state index contributed by atoms with van der Waals surface area (Å²) in [7, 11) is -3.03. The molecule has 2 aromatic carbocycles. The first-order chi connectivity index (χ1) is 15.1. The van der Waals surface area contributed by atoms with E-state index in [0.717, 1.165) is 22.5 Å². The van der Waals surface area contributed by atoms with Crippen molar-refractivity contribution in [1.82, 2.24) is 0 Å². The largest absolute Gasteiger partial charge is 0.494 e. The van der Waals surface area contributed by atoms with Crippen LogP contribution in [0.3, 0.4) is 0 Å². The van der Waals surface area contributed by atoms with Crippen molar-refractivity contribution in [2.45, 2.75) is 38.1 Å². The molecule has 0 aliphatic carbocycles. The Bertz CT molecular complexity index is 1150. The molecule has 32 heavy (non-hydrogen) atoms. The van der Waals surface area contributed by atoms with E-state index in [4.69, 9.17) is 14.2 Å². The fourth-order valence-corrected chi connectivity index (χ4v) is 5.47. The SMILES string of the molecule is CCOC(=O)C1Cc2ccc(OC(C)=O)cc2N(S(=O)(=O)c2ccc(F)c(OC)c2)[C@@H]1C. The zero-order valence-electron chi connectivity index (χ0n) is 18.1. The molecule has 1 aliphatic rings. The van der Waals surface area contributed by atoms with Gasteiger partial charge in [-0.05, 0) is 44.0 Å². The first kappa shape index (κ1) is 23.5. The average molecular weight is 465 g/mol. The van der Waals surface area contributed by atoms with E-state index in [2.05, 4.69) is 0 Å². The van der Waals surface area contributed by atoms with Gasteiger partial charge in [0.15, 0.2) is 11.6 Å².